The zero-order chi connectivity index (χ0) is 22.0. The van der Waals surface area contributed by atoms with Crippen molar-refractivity contribution >= 4 is 51.9 Å². The third kappa shape index (κ3) is 4.52. The highest BCUT2D eigenvalue weighted by atomic mass is 35.5. The number of thiazole rings is 1. The average Bonchev–Trinajstić information content (AvgIpc) is 3.42. The maximum absolute atomic E-state index is 10.9. The molecule has 2 aromatic heterocycles. The molecule has 0 radical (unpaired) electrons. The number of rotatable bonds is 5. The van der Waals surface area contributed by atoms with E-state index in [0.29, 0.717) is 32.7 Å². The van der Waals surface area contributed by atoms with Crippen molar-refractivity contribution in [1.29, 1.82) is 5.26 Å². The van der Waals surface area contributed by atoms with E-state index in [4.69, 9.17) is 27.6 Å². The van der Waals surface area contributed by atoms with Gasteiger partial charge in [0.2, 0.25) is 0 Å². The van der Waals surface area contributed by atoms with E-state index in [0.717, 1.165) is 11.3 Å². The lowest BCUT2D eigenvalue weighted by molar-refractivity contribution is -0.384. The lowest BCUT2D eigenvalue weighted by Gasteiger charge is -2.00. The smallest absolute Gasteiger partial charge is 0.270 e. The lowest BCUT2D eigenvalue weighted by atomic mass is 10.1. The van der Waals surface area contributed by atoms with Crippen LogP contribution >= 0.6 is 34.5 Å². The van der Waals surface area contributed by atoms with Crippen LogP contribution in [0.4, 0.5) is 5.69 Å². The largest absolute Gasteiger partial charge is 0.457 e. The number of halogens is 2. The van der Waals surface area contributed by atoms with Crippen molar-refractivity contribution < 1.29 is 9.34 Å². The van der Waals surface area contributed by atoms with Gasteiger partial charge in [-0.25, -0.2) is 4.98 Å². The first-order valence-electron chi connectivity index (χ1n) is 8.82. The van der Waals surface area contributed by atoms with Gasteiger partial charge in [-0.3, -0.25) is 10.1 Å². The number of nitro benzene ring substituents is 1. The minimum absolute atomic E-state index is 0.104. The molecular formula is C22H11Cl2N3O3S. The van der Waals surface area contributed by atoms with Crippen LogP contribution in [0.15, 0.2) is 64.4 Å². The molecule has 2 heterocycles. The summed E-state index contributed by atoms with van der Waals surface area (Å²) < 4.78 is 5.79. The summed E-state index contributed by atoms with van der Waals surface area (Å²) >= 11 is 13.4. The third-order valence-corrected chi connectivity index (χ3v) is 5.78. The molecule has 0 fully saturated rings. The molecule has 0 aliphatic heterocycles. The third-order valence-electron chi connectivity index (χ3n) is 4.34. The van der Waals surface area contributed by atoms with Gasteiger partial charge < -0.3 is 4.42 Å². The summed E-state index contributed by atoms with van der Waals surface area (Å²) in [5.41, 5.74) is 2.41. The number of nitro groups is 1. The van der Waals surface area contributed by atoms with Crippen LogP contribution < -0.4 is 0 Å². The van der Waals surface area contributed by atoms with Gasteiger partial charge in [-0.05, 0) is 30.3 Å². The molecule has 0 atom stereocenters. The van der Waals surface area contributed by atoms with Crippen LogP contribution in [0.25, 0.3) is 34.2 Å². The number of furan rings is 1. The van der Waals surface area contributed by atoms with E-state index >= 15 is 0 Å². The van der Waals surface area contributed by atoms with Gasteiger partial charge in [-0.2, -0.15) is 5.26 Å². The Morgan fingerprint density at radius 2 is 1.94 bits per heavy atom. The first kappa shape index (κ1) is 20.8. The normalized spacial score (nSPS) is 11.3. The number of hydrogen-bond donors (Lipinski definition) is 0. The molecule has 9 heteroatoms. The van der Waals surface area contributed by atoms with E-state index in [9.17, 15) is 15.4 Å². The summed E-state index contributed by atoms with van der Waals surface area (Å²) in [5, 5.41) is 23.7. The SMILES string of the molecule is N#CC(=Cc1ccc(-c2ccc([N+](=O)[O-])cc2Cl)o1)c1nc(-c2ccc(Cl)cc2)cs1. The highest BCUT2D eigenvalue weighted by Crippen LogP contribution is 2.33. The summed E-state index contributed by atoms with van der Waals surface area (Å²) in [6.07, 6.45) is 1.59. The molecule has 0 saturated heterocycles. The maximum Gasteiger partial charge on any atom is 0.270 e. The monoisotopic (exact) mass is 467 g/mol. The van der Waals surface area contributed by atoms with Crippen molar-refractivity contribution in [3.8, 4) is 28.7 Å². The molecule has 4 aromatic rings. The second-order valence-electron chi connectivity index (χ2n) is 6.34. The van der Waals surface area contributed by atoms with Crippen molar-refractivity contribution in [3.63, 3.8) is 0 Å². The average molecular weight is 468 g/mol. The number of non-ortho nitro benzene ring substituents is 1. The first-order valence-corrected chi connectivity index (χ1v) is 10.5. The lowest BCUT2D eigenvalue weighted by Crippen LogP contribution is -1.88. The zero-order valence-electron chi connectivity index (χ0n) is 15.6. The molecule has 0 aliphatic carbocycles. The second kappa shape index (κ2) is 8.74. The van der Waals surface area contributed by atoms with E-state index in [1.807, 2.05) is 17.5 Å². The van der Waals surface area contributed by atoms with Crippen molar-refractivity contribution in [2.75, 3.05) is 0 Å². The summed E-state index contributed by atoms with van der Waals surface area (Å²) in [6, 6.07) is 17.0. The van der Waals surface area contributed by atoms with Crippen LogP contribution in [0.2, 0.25) is 10.0 Å². The van der Waals surface area contributed by atoms with Gasteiger partial charge in [0.15, 0.2) is 0 Å². The molecule has 4 rings (SSSR count). The Morgan fingerprint density at radius 1 is 1.16 bits per heavy atom. The molecule has 0 unspecified atom stereocenters. The number of nitrogens with zero attached hydrogens (tertiary/aromatic N) is 3. The van der Waals surface area contributed by atoms with Gasteiger partial charge in [-0.1, -0.05) is 35.3 Å². The number of hydrogen-bond acceptors (Lipinski definition) is 6. The fourth-order valence-corrected chi connectivity index (χ4v) is 4.02. The van der Waals surface area contributed by atoms with Crippen LogP contribution in [0.3, 0.4) is 0 Å². The zero-order valence-corrected chi connectivity index (χ0v) is 17.9. The fraction of sp³-hybridized carbons (Fsp3) is 0. The number of allylic oxidation sites excluding steroid dienone is 1. The molecule has 0 spiro atoms. The standard InChI is InChI=1S/C22H11Cl2N3O3S/c23-15-3-1-13(2-4-15)20-12-31-22(26-20)14(11-25)9-17-6-8-21(30-17)18-7-5-16(27(28)29)10-19(18)24/h1-10,12H. The predicted molar refractivity (Wildman–Crippen MR) is 122 cm³/mol. The fourth-order valence-electron chi connectivity index (χ4n) is 2.83. The summed E-state index contributed by atoms with van der Waals surface area (Å²) in [6.45, 7) is 0. The quantitative estimate of drug-likeness (QED) is 0.173. The van der Waals surface area contributed by atoms with Crippen molar-refractivity contribution in [3.05, 3.63) is 90.9 Å². The van der Waals surface area contributed by atoms with Gasteiger partial charge in [0.1, 0.15) is 22.6 Å². The predicted octanol–water partition coefficient (Wildman–Crippen LogP) is 7.35. The minimum atomic E-state index is -0.516. The summed E-state index contributed by atoms with van der Waals surface area (Å²) in [7, 11) is 0. The van der Waals surface area contributed by atoms with Crippen LogP contribution in [0, 0.1) is 21.4 Å². The van der Waals surface area contributed by atoms with Crippen LogP contribution in [-0.2, 0) is 0 Å². The van der Waals surface area contributed by atoms with Gasteiger partial charge in [0.05, 0.1) is 21.2 Å². The van der Waals surface area contributed by atoms with Crippen LogP contribution in [-0.4, -0.2) is 9.91 Å². The van der Waals surface area contributed by atoms with E-state index < -0.39 is 4.92 Å². The molecule has 0 N–H and O–H groups in total. The first-order chi connectivity index (χ1) is 14.9. The maximum atomic E-state index is 10.9. The highest BCUT2D eigenvalue weighted by molar-refractivity contribution is 7.11. The van der Waals surface area contributed by atoms with Crippen LogP contribution in [0.1, 0.15) is 10.8 Å². The van der Waals surface area contributed by atoms with Gasteiger partial charge >= 0.3 is 0 Å². The van der Waals surface area contributed by atoms with Gasteiger partial charge in [0, 0.05) is 39.7 Å². The molecule has 152 valence electrons. The number of benzene rings is 2. The van der Waals surface area contributed by atoms with E-state index in [-0.39, 0.29) is 10.7 Å². The molecule has 31 heavy (non-hydrogen) atoms. The van der Waals surface area contributed by atoms with Crippen LogP contribution in [0.5, 0.6) is 0 Å². The van der Waals surface area contributed by atoms with E-state index in [2.05, 4.69) is 11.1 Å². The molecule has 0 amide bonds. The molecule has 2 aromatic carbocycles. The topological polar surface area (TPSA) is 93.0 Å². The molecular weight excluding hydrogens is 457 g/mol. The van der Waals surface area contributed by atoms with Crippen molar-refractivity contribution in [2.24, 2.45) is 0 Å². The molecule has 6 nitrogen and oxygen atoms in total. The Labute approximate surface area is 190 Å². The van der Waals surface area contributed by atoms with Crippen molar-refractivity contribution in [1.82, 2.24) is 4.98 Å². The van der Waals surface area contributed by atoms with Gasteiger partial charge in [0.25, 0.3) is 5.69 Å². The Hall–Kier alpha value is -3.44. The van der Waals surface area contributed by atoms with E-state index in [1.54, 1.807) is 30.3 Å². The number of aromatic nitrogens is 1. The molecule has 0 aliphatic rings. The van der Waals surface area contributed by atoms with Crippen molar-refractivity contribution in [2.45, 2.75) is 0 Å². The Morgan fingerprint density at radius 3 is 2.61 bits per heavy atom. The highest BCUT2D eigenvalue weighted by Gasteiger charge is 2.14. The summed E-state index contributed by atoms with van der Waals surface area (Å²) in [4.78, 5) is 14.9. The second-order valence-corrected chi connectivity index (χ2v) is 8.04. The Bertz CT molecular complexity index is 1350. The Balaban J connectivity index is 1.62. The Kier molecular flexibility index (Phi) is 5.87. The van der Waals surface area contributed by atoms with E-state index in [1.165, 1.54) is 29.5 Å². The summed E-state index contributed by atoms with van der Waals surface area (Å²) in [5.74, 6) is 0.869. The molecule has 0 saturated carbocycles. The molecule has 0 bridgehead atoms. The van der Waals surface area contributed by atoms with Gasteiger partial charge in [-0.15, -0.1) is 11.3 Å². The minimum Gasteiger partial charge on any atom is -0.457 e. The number of nitriles is 1.